The van der Waals surface area contributed by atoms with Gasteiger partial charge in [-0.25, -0.2) is 0 Å². The summed E-state index contributed by atoms with van der Waals surface area (Å²) >= 11 is 8.94. The quantitative estimate of drug-likeness (QED) is 0.733. The number of rotatable bonds is 6. The lowest BCUT2D eigenvalue weighted by atomic mass is 9.87. The molecule has 0 unspecified atom stereocenters. The molecule has 0 spiro atoms. The maximum atomic E-state index is 3.63. The second kappa shape index (κ2) is 5.72. The van der Waals surface area contributed by atoms with E-state index in [-0.39, 0.29) is 0 Å². The van der Waals surface area contributed by atoms with Gasteiger partial charge in [0.15, 0.2) is 0 Å². The standard InChI is InChI=1S/C13H19Br2NS/c1-13(2,8-16-9-3-4-9)6-5-10-7-11(14)12(15)17-10/h7,9,16H,3-6,8H2,1-2H3. The summed E-state index contributed by atoms with van der Waals surface area (Å²) in [6.45, 7) is 5.87. The van der Waals surface area contributed by atoms with Gasteiger partial charge in [-0.2, -0.15) is 0 Å². The fourth-order valence-corrected chi connectivity index (χ4v) is 3.95. The summed E-state index contributed by atoms with van der Waals surface area (Å²) in [5, 5.41) is 3.63. The minimum atomic E-state index is 0.394. The zero-order valence-corrected chi connectivity index (χ0v) is 14.3. The molecule has 4 heteroatoms. The van der Waals surface area contributed by atoms with Crippen LogP contribution in [0.3, 0.4) is 0 Å². The van der Waals surface area contributed by atoms with Crippen LogP contribution in [0.4, 0.5) is 0 Å². The number of nitrogens with one attached hydrogen (secondary N) is 1. The highest BCUT2D eigenvalue weighted by molar-refractivity contribution is 9.13. The molecular weight excluding hydrogens is 362 g/mol. The first-order chi connectivity index (χ1) is 7.96. The fraction of sp³-hybridized carbons (Fsp3) is 0.692. The molecule has 0 bridgehead atoms. The van der Waals surface area contributed by atoms with E-state index in [2.05, 4.69) is 57.1 Å². The summed E-state index contributed by atoms with van der Waals surface area (Å²) in [6, 6.07) is 3.05. The van der Waals surface area contributed by atoms with Gasteiger partial charge in [0.25, 0.3) is 0 Å². The van der Waals surface area contributed by atoms with Crippen LogP contribution in [0.2, 0.25) is 0 Å². The van der Waals surface area contributed by atoms with Crippen molar-refractivity contribution in [2.45, 2.75) is 45.6 Å². The lowest BCUT2D eigenvalue weighted by Crippen LogP contribution is -2.31. The van der Waals surface area contributed by atoms with E-state index in [1.54, 1.807) is 0 Å². The topological polar surface area (TPSA) is 12.0 Å². The number of hydrogen-bond acceptors (Lipinski definition) is 2. The van der Waals surface area contributed by atoms with Gasteiger partial charge in [-0.3, -0.25) is 0 Å². The van der Waals surface area contributed by atoms with Crippen molar-refractivity contribution in [2.75, 3.05) is 6.54 Å². The maximum Gasteiger partial charge on any atom is 0.0843 e. The first kappa shape index (κ1) is 14.0. The van der Waals surface area contributed by atoms with Gasteiger partial charge in [0.1, 0.15) is 0 Å². The Hall–Kier alpha value is 0.620. The van der Waals surface area contributed by atoms with Crippen LogP contribution in [0, 0.1) is 5.41 Å². The molecule has 1 N–H and O–H groups in total. The molecule has 1 fully saturated rings. The molecule has 1 aromatic rings. The molecular formula is C13H19Br2NS. The van der Waals surface area contributed by atoms with E-state index < -0.39 is 0 Å². The SMILES string of the molecule is CC(C)(CCc1cc(Br)c(Br)s1)CNC1CC1. The highest BCUT2D eigenvalue weighted by Crippen LogP contribution is 2.34. The molecule has 1 saturated carbocycles. The zero-order chi connectivity index (χ0) is 12.5. The van der Waals surface area contributed by atoms with Crippen LogP contribution in [-0.4, -0.2) is 12.6 Å². The number of halogens is 2. The summed E-state index contributed by atoms with van der Waals surface area (Å²) in [5.41, 5.74) is 0.394. The van der Waals surface area contributed by atoms with E-state index in [9.17, 15) is 0 Å². The summed E-state index contributed by atoms with van der Waals surface area (Å²) in [7, 11) is 0. The number of thiophene rings is 1. The predicted octanol–water partition coefficient (Wildman–Crippen LogP) is 4.98. The Morgan fingerprint density at radius 1 is 1.41 bits per heavy atom. The van der Waals surface area contributed by atoms with Gasteiger partial charge in [-0.1, -0.05) is 13.8 Å². The van der Waals surface area contributed by atoms with Gasteiger partial charge in [0, 0.05) is 21.9 Å². The molecule has 1 heterocycles. The zero-order valence-electron chi connectivity index (χ0n) is 10.4. The molecule has 1 aliphatic rings. The van der Waals surface area contributed by atoms with Crippen molar-refractivity contribution in [3.8, 4) is 0 Å². The molecule has 0 saturated heterocycles. The summed E-state index contributed by atoms with van der Waals surface area (Å²) < 4.78 is 2.40. The van der Waals surface area contributed by atoms with Gasteiger partial charge in [-0.05, 0) is 69.0 Å². The Kier molecular flexibility index (Phi) is 4.73. The molecule has 1 aromatic heterocycles. The molecule has 2 rings (SSSR count). The van der Waals surface area contributed by atoms with Crippen LogP contribution in [0.5, 0.6) is 0 Å². The van der Waals surface area contributed by atoms with Crippen molar-refractivity contribution in [3.05, 3.63) is 19.2 Å². The molecule has 17 heavy (non-hydrogen) atoms. The number of hydrogen-bond donors (Lipinski definition) is 1. The van der Waals surface area contributed by atoms with Crippen molar-refractivity contribution >= 4 is 43.2 Å². The van der Waals surface area contributed by atoms with E-state index in [0.717, 1.165) is 12.6 Å². The van der Waals surface area contributed by atoms with Crippen LogP contribution in [0.1, 0.15) is 38.0 Å². The van der Waals surface area contributed by atoms with E-state index in [1.807, 2.05) is 11.3 Å². The van der Waals surface area contributed by atoms with Crippen molar-refractivity contribution in [1.29, 1.82) is 0 Å². The highest BCUT2D eigenvalue weighted by atomic mass is 79.9. The lowest BCUT2D eigenvalue weighted by molar-refractivity contribution is 0.314. The average Bonchev–Trinajstić information content (AvgIpc) is 3.02. The van der Waals surface area contributed by atoms with Crippen LogP contribution in [-0.2, 0) is 6.42 Å². The maximum absolute atomic E-state index is 3.63. The third-order valence-corrected chi connectivity index (χ3v) is 6.51. The second-order valence-electron chi connectivity index (χ2n) is 5.65. The average molecular weight is 381 g/mol. The molecule has 0 radical (unpaired) electrons. The van der Waals surface area contributed by atoms with E-state index in [0.29, 0.717) is 5.41 Å². The summed E-state index contributed by atoms with van der Waals surface area (Å²) in [5.74, 6) is 0. The Bertz CT molecular complexity index is 363. The lowest BCUT2D eigenvalue weighted by Gasteiger charge is -2.24. The minimum absolute atomic E-state index is 0.394. The van der Waals surface area contributed by atoms with Crippen LogP contribution in [0.25, 0.3) is 0 Å². The Balaban J connectivity index is 1.78. The van der Waals surface area contributed by atoms with Crippen molar-refractivity contribution < 1.29 is 0 Å². The van der Waals surface area contributed by atoms with E-state index in [4.69, 9.17) is 0 Å². The van der Waals surface area contributed by atoms with Gasteiger partial charge in [-0.15, -0.1) is 11.3 Å². The molecule has 0 amide bonds. The number of aryl methyl sites for hydroxylation is 1. The fourth-order valence-electron chi connectivity index (χ4n) is 1.77. The Morgan fingerprint density at radius 2 is 2.12 bits per heavy atom. The van der Waals surface area contributed by atoms with E-state index >= 15 is 0 Å². The summed E-state index contributed by atoms with van der Waals surface area (Å²) in [4.78, 5) is 1.46. The molecule has 0 atom stereocenters. The first-order valence-corrected chi connectivity index (χ1v) is 8.54. The third kappa shape index (κ3) is 4.66. The highest BCUT2D eigenvalue weighted by Gasteiger charge is 2.25. The van der Waals surface area contributed by atoms with Gasteiger partial charge < -0.3 is 5.32 Å². The van der Waals surface area contributed by atoms with Crippen molar-refractivity contribution in [2.24, 2.45) is 5.41 Å². The minimum Gasteiger partial charge on any atom is -0.313 e. The predicted molar refractivity (Wildman–Crippen MR) is 82.8 cm³/mol. The second-order valence-corrected chi connectivity index (χ2v) is 8.96. The smallest absolute Gasteiger partial charge is 0.0843 e. The van der Waals surface area contributed by atoms with Gasteiger partial charge in [0.2, 0.25) is 0 Å². The summed E-state index contributed by atoms with van der Waals surface area (Å²) in [6.07, 6.45) is 5.17. The van der Waals surface area contributed by atoms with Gasteiger partial charge in [0.05, 0.1) is 3.79 Å². The normalized spacial score (nSPS) is 16.5. The molecule has 1 aliphatic carbocycles. The van der Waals surface area contributed by atoms with Crippen LogP contribution in [0.15, 0.2) is 14.3 Å². The monoisotopic (exact) mass is 379 g/mol. The van der Waals surface area contributed by atoms with Crippen LogP contribution >= 0.6 is 43.2 Å². The first-order valence-electron chi connectivity index (χ1n) is 6.13. The molecule has 1 nitrogen and oxygen atoms in total. The third-order valence-electron chi connectivity index (χ3n) is 3.19. The molecule has 0 aliphatic heterocycles. The van der Waals surface area contributed by atoms with Crippen molar-refractivity contribution in [3.63, 3.8) is 0 Å². The van der Waals surface area contributed by atoms with Crippen LogP contribution < -0.4 is 5.32 Å². The van der Waals surface area contributed by atoms with Crippen molar-refractivity contribution in [1.82, 2.24) is 5.32 Å². The largest absolute Gasteiger partial charge is 0.313 e. The Labute approximate surface area is 125 Å². The van der Waals surface area contributed by atoms with E-state index in [1.165, 1.54) is 38.8 Å². The van der Waals surface area contributed by atoms with Gasteiger partial charge >= 0.3 is 0 Å². The Morgan fingerprint density at radius 3 is 2.65 bits per heavy atom. The molecule has 0 aromatic carbocycles. The molecule has 96 valence electrons.